The van der Waals surface area contributed by atoms with Crippen LogP contribution in [0.5, 0.6) is 0 Å². The van der Waals surface area contributed by atoms with Gasteiger partial charge in [0.1, 0.15) is 5.56 Å². The molecule has 0 bridgehead atoms. The first-order valence-corrected chi connectivity index (χ1v) is 4.59. The van der Waals surface area contributed by atoms with Crippen molar-refractivity contribution in [2.45, 2.75) is 6.54 Å². The lowest BCUT2D eigenvalue weighted by molar-refractivity contribution is 0.0694. The molecule has 0 aliphatic rings. The summed E-state index contributed by atoms with van der Waals surface area (Å²) < 4.78 is 1.32. The first kappa shape index (κ1) is 10.2. The highest BCUT2D eigenvalue weighted by Gasteiger charge is 2.10. The summed E-state index contributed by atoms with van der Waals surface area (Å²) in [5.41, 5.74) is -0.0174. The number of hydrogen-bond acceptors (Lipinski definition) is 3. The normalized spacial score (nSPS) is 10.2. The van der Waals surface area contributed by atoms with Gasteiger partial charge in [-0.3, -0.25) is 9.89 Å². The minimum absolute atomic E-state index is 0.234. The van der Waals surface area contributed by atoms with Crippen LogP contribution < -0.4 is 5.56 Å². The Morgan fingerprint density at radius 3 is 2.94 bits per heavy atom. The summed E-state index contributed by atoms with van der Waals surface area (Å²) in [4.78, 5) is 22.4. The zero-order valence-corrected chi connectivity index (χ0v) is 8.25. The molecule has 16 heavy (non-hydrogen) atoms. The van der Waals surface area contributed by atoms with Crippen LogP contribution >= 0.6 is 0 Å². The number of H-pyrrole nitrogens is 1. The number of rotatable bonds is 3. The van der Waals surface area contributed by atoms with Crippen LogP contribution in [0.15, 0.2) is 35.4 Å². The lowest BCUT2D eigenvalue weighted by Gasteiger charge is -2.04. The van der Waals surface area contributed by atoms with Crippen LogP contribution in [-0.4, -0.2) is 25.8 Å². The van der Waals surface area contributed by atoms with Crippen molar-refractivity contribution in [3.63, 3.8) is 0 Å². The molecule has 2 aromatic rings. The fraction of sp³-hybridized carbons (Fsp3) is 0.100. The van der Waals surface area contributed by atoms with Gasteiger partial charge in [-0.1, -0.05) is 0 Å². The highest BCUT2D eigenvalue weighted by molar-refractivity contribution is 5.86. The van der Waals surface area contributed by atoms with Crippen LogP contribution in [0.4, 0.5) is 0 Å². The fourth-order valence-corrected chi connectivity index (χ4v) is 1.38. The summed E-state index contributed by atoms with van der Waals surface area (Å²) >= 11 is 0. The van der Waals surface area contributed by atoms with Crippen molar-refractivity contribution in [3.8, 4) is 0 Å². The first-order valence-electron chi connectivity index (χ1n) is 4.59. The Hall–Kier alpha value is -2.37. The number of nitrogens with one attached hydrogen (secondary N) is 1. The van der Waals surface area contributed by atoms with Crippen LogP contribution in [0.1, 0.15) is 16.1 Å². The minimum atomic E-state index is -1.22. The van der Waals surface area contributed by atoms with Gasteiger partial charge in [0.15, 0.2) is 0 Å². The van der Waals surface area contributed by atoms with E-state index in [4.69, 9.17) is 5.11 Å². The molecule has 6 nitrogen and oxygen atoms in total. The molecule has 0 aliphatic carbocycles. The van der Waals surface area contributed by atoms with Gasteiger partial charge in [-0.2, -0.15) is 5.10 Å². The third kappa shape index (κ3) is 1.85. The number of carboxylic acid groups (broad SMARTS) is 1. The molecular formula is C10H9N3O3. The van der Waals surface area contributed by atoms with E-state index >= 15 is 0 Å². The maximum absolute atomic E-state index is 11.7. The van der Waals surface area contributed by atoms with Crippen molar-refractivity contribution in [2.24, 2.45) is 0 Å². The molecule has 0 aromatic carbocycles. The molecular weight excluding hydrogens is 210 g/mol. The predicted octanol–water partition coefficient (Wildman–Crippen LogP) is 0.318. The van der Waals surface area contributed by atoms with Crippen molar-refractivity contribution in [2.75, 3.05) is 0 Å². The van der Waals surface area contributed by atoms with E-state index in [0.717, 1.165) is 5.69 Å². The largest absolute Gasteiger partial charge is 0.477 e. The van der Waals surface area contributed by atoms with E-state index in [0.29, 0.717) is 0 Å². The monoisotopic (exact) mass is 219 g/mol. The molecule has 0 fully saturated rings. The Bertz CT molecular complexity index is 557. The summed E-state index contributed by atoms with van der Waals surface area (Å²) in [6.45, 7) is 0.278. The second kappa shape index (κ2) is 4.01. The highest BCUT2D eigenvalue weighted by Crippen LogP contribution is 1.97. The topological polar surface area (TPSA) is 88.0 Å². The summed E-state index contributed by atoms with van der Waals surface area (Å²) in [6, 6.07) is 4.54. The van der Waals surface area contributed by atoms with Crippen molar-refractivity contribution in [1.82, 2.24) is 14.8 Å². The molecule has 6 heteroatoms. The second-order valence-electron chi connectivity index (χ2n) is 3.24. The van der Waals surface area contributed by atoms with Crippen LogP contribution in [-0.2, 0) is 6.54 Å². The van der Waals surface area contributed by atoms with Gasteiger partial charge in [-0.25, -0.2) is 4.79 Å². The van der Waals surface area contributed by atoms with Crippen molar-refractivity contribution in [1.29, 1.82) is 0 Å². The Morgan fingerprint density at radius 2 is 2.31 bits per heavy atom. The van der Waals surface area contributed by atoms with Gasteiger partial charge in [-0.05, 0) is 18.2 Å². The number of aromatic amines is 1. The molecule has 2 aromatic heterocycles. The smallest absolute Gasteiger partial charge is 0.341 e. The van der Waals surface area contributed by atoms with E-state index < -0.39 is 11.5 Å². The van der Waals surface area contributed by atoms with Gasteiger partial charge in [0, 0.05) is 12.4 Å². The lowest BCUT2D eigenvalue weighted by Crippen LogP contribution is -2.26. The second-order valence-corrected chi connectivity index (χ2v) is 3.24. The molecule has 82 valence electrons. The van der Waals surface area contributed by atoms with E-state index in [2.05, 4.69) is 10.2 Å². The van der Waals surface area contributed by atoms with Crippen molar-refractivity contribution >= 4 is 5.97 Å². The van der Waals surface area contributed by atoms with Crippen molar-refractivity contribution in [3.05, 3.63) is 52.2 Å². The Balaban J connectivity index is 2.39. The van der Waals surface area contributed by atoms with Crippen molar-refractivity contribution < 1.29 is 9.90 Å². The lowest BCUT2D eigenvalue weighted by atomic mass is 10.3. The van der Waals surface area contributed by atoms with Gasteiger partial charge >= 0.3 is 5.97 Å². The number of pyridine rings is 1. The van der Waals surface area contributed by atoms with E-state index in [-0.39, 0.29) is 12.1 Å². The van der Waals surface area contributed by atoms with Gasteiger partial charge in [0.2, 0.25) is 0 Å². The molecule has 0 spiro atoms. The number of aromatic nitrogens is 3. The molecule has 2 N–H and O–H groups in total. The summed E-state index contributed by atoms with van der Waals surface area (Å²) in [5.74, 6) is -1.22. The average molecular weight is 219 g/mol. The molecule has 0 amide bonds. The minimum Gasteiger partial charge on any atom is -0.477 e. The number of carboxylic acids is 1. The fourth-order valence-electron chi connectivity index (χ4n) is 1.38. The molecule has 0 atom stereocenters. The first-order chi connectivity index (χ1) is 7.68. The van der Waals surface area contributed by atoms with Crippen LogP contribution in [0.2, 0.25) is 0 Å². The highest BCUT2D eigenvalue weighted by atomic mass is 16.4. The summed E-state index contributed by atoms with van der Waals surface area (Å²) in [5, 5.41) is 15.2. The van der Waals surface area contributed by atoms with Crippen LogP contribution in [0.25, 0.3) is 0 Å². The molecule has 0 radical (unpaired) electrons. The van der Waals surface area contributed by atoms with Gasteiger partial charge < -0.3 is 9.67 Å². The molecule has 0 saturated heterocycles. The standard InChI is InChI=1S/C10H9N3O3/c14-9-8(10(15)16)2-1-5-13(9)6-7-3-4-11-12-7/h1-5H,6H2,(H,11,12)(H,15,16). The van der Waals surface area contributed by atoms with Gasteiger partial charge in [0.25, 0.3) is 5.56 Å². The molecule has 0 unspecified atom stereocenters. The molecule has 2 rings (SSSR count). The van der Waals surface area contributed by atoms with Gasteiger partial charge in [-0.15, -0.1) is 0 Å². The third-order valence-corrected chi connectivity index (χ3v) is 2.15. The maximum Gasteiger partial charge on any atom is 0.341 e. The van der Waals surface area contributed by atoms with E-state index in [9.17, 15) is 9.59 Å². The number of hydrogen-bond donors (Lipinski definition) is 2. The Kier molecular flexibility index (Phi) is 2.55. The molecule has 2 heterocycles. The van der Waals surface area contributed by atoms with Crippen LogP contribution in [0, 0.1) is 0 Å². The zero-order valence-electron chi connectivity index (χ0n) is 8.25. The summed E-state index contributed by atoms with van der Waals surface area (Å²) in [6.07, 6.45) is 3.11. The van der Waals surface area contributed by atoms with E-state index in [1.54, 1.807) is 12.3 Å². The molecule has 0 aliphatic heterocycles. The van der Waals surface area contributed by atoms with E-state index in [1.807, 2.05) is 0 Å². The van der Waals surface area contributed by atoms with Gasteiger partial charge in [0.05, 0.1) is 12.2 Å². The Morgan fingerprint density at radius 1 is 1.50 bits per heavy atom. The number of nitrogens with zero attached hydrogens (tertiary/aromatic N) is 2. The third-order valence-electron chi connectivity index (χ3n) is 2.15. The quantitative estimate of drug-likeness (QED) is 0.778. The predicted molar refractivity (Wildman–Crippen MR) is 55.4 cm³/mol. The zero-order chi connectivity index (χ0) is 11.5. The SMILES string of the molecule is O=C(O)c1cccn(Cc2ccn[nH]2)c1=O. The van der Waals surface area contributed by atoms with E-state index in [1.165, 1.54) is 22.9 Å². The summed E-state index contributed by atoms with van der Waals surface area (Å²) in [7, 11) is 0. The van der Waals surface area contributed by atoms with Crippen LogP contribution in [0.3, 0.4) is 0 Å². The maximum atomic E-state index is 11.7. The average Bonchev–Trinajstić information content (AvgIpc) is 2.73. The number of carbonyl (C=O) groups is 1. The number of aromatic carboxylic acids is 1. The Labute approximate surface area is 90.2 Å². The molecule has 0 saturated carbocycles.